The number of thiazole rings is 2. The van der Waals surface area contributed by atoms with Crippen LogP contribution in [0.1, 0.15) is 21.6 Å². The summed E-state index contributed by atoms with van der Waals surface area (Å²) < 4.78 is 0. The standard InChI is InChI=1S/C15H15N3S2/c1-10-15(20-9-17-10)12(16)7-14-18-13(8-19-14)11-5-3-2-4-6-11/h2-6,8-9,12H,7,16H2,1H3. The topological polar surface area (TPSA) is 51.8 Å². The zero-order chi connectivity index (χ0) is 13.9. The number of rotatable bonds is 4. The molecule has 2 aromatic heterocycles. The summed E-state index contributed by atoms with van der Waals surface area (Å²) in [6.07, 6.45) is 0.764. The Kier molecular flexibility index (Phi) is 3.91. The second-order valence-electron chi connectivity index (χ2n) is 4.61. The highest BCUT2D eigenvalue weighted by molar-refractivity contribution is 7.10. The first-order valence-corrected chi connectivity index (χ1v) is 8.15. The lowest BCUT2D eigenvalue weighted by molar-refractivity contribution is 0.725. The molecule has 2 N–H and O–H groups in total. The van der Waals surface area contributed by atoms with Gasteiger partial charge in [0.2, 0.25) is 0 Å². The van der Waals surface area contributed by atoms with Crippen molar-refractivity contribution < 1.29 is 0 Å². The Labute approximate surface area is 126 Å². The van der Waals surface area contributed by atoms with E-state index < -0.39 is 0 Å². The summed E-state index contributed by atoms with van der Waals surface area (Å²) in [5.41, 5.74) is 11.3. The second-order valence-corrected chi connectivity index (χ2v) is 6.43. The van der Waals surface area contributed by atoms with Gasteiger partial charge in [-0.2, -0.15) is 0 Å². The number of aryl methyl sites for hydroxylation is 1. The third-order valence-electron chi connectivity index (χ3n) is 3.14. The van der Waals surface area contributed by atoms with Gasteiger partial charge in [0.25, 0.3) is 0 Å². The van der Waals surface area contributed by atoms with Crippen molar-refractivity contribution in [3.63, 3.8) is 0 Å². The largest absolute Gasteiger partial charge is 0.323 e. The van der Waals surface area contributed by atoms with Crippen LogP contribution in [0.25, 0.3) is 11.3 Å². The molecular formula is C15H15N3S2. The highest BCUT2D eigenvalue weighted by Crippen LogP contribution is 2.27. The second kappa shape index (κ2) is 5.83. The summed E-state index contributed by atoms with van der Waals surface area (Å²) in [7, 11) is 0. The van der Waals surface area contributed by atoms with E-state index in [1.165, 1.54) is 0 Å². The smallest absolute Gasteiger partial charge is 0.0951 e. The number of hydrogen-bond acceptors (Lipinski definition) is 5. The van der Waals surface area contributed by atoms with Gasteiger partial charge in [-0.1, -0.05) is 30.3 Å². The third kappa shape index (κ3) is 2.80. The molecule has 1 aromatic carbocycles. The first-order valence-electron chi connectivity index (χ1n) is 6.39. The predicted octanol–water partition coefficient (Wildman–Crippen LogP) is 3.82. The molecular weight excluding hydrogens is 286 g/mol. The SMILES string of the molecule is Cc1ncsc1C(N)Cc1nc(-c2ccccc2)cs1. The molecule has 0 radical (unpaired) electrons. The molecule has 0 bridgehead atoms. The van der Waals surface area contributed by atoms with Gasteiger partial charge in [-0.25, -0.2) is 9.97 Å². The predicted molar refractivity (Wildman–Crippen MR) is 85.0 cm³/mol. The summed E-state index contributed by atoms with van der Waals surface area (Å²) >= 11 is 3.29. The quantitative estimate of drug-likeness (QED) is 0.797. The van der Waals surface area contributed by atoms with E-state index in [0.717, 1.165) is 33.3 Å². The van der Waals surface area contributed by atoms with E-state index in [1.807, 2.05) is 30.6 Å². The van der Waals surface area contributed by atoms with E-state index in [-0.39, 0.29) is 6.04 Å². The zero-order valence-electron chi connectivity index (χ0n) is 11.1. The minimum Gasteiger partial charge on any atom is -0.323 e. The Morgan fingerprint density at radius 2 is 2.00 bits per heavy atom. The van der Waals surface area contributed by atoms with Crippen LogP contribution >= 0.6 is 22.7 Å². The Morgan fingerprint density at radius 3 is 2.70 bits per heavy atom. The summed E-state index contributed by atoms with van der Waals surface area (Å²) in [6.45, 7) is 2.00. The van der Waals surface area contributed by atoms with E-state index in [1.54, 1.807) is 22.7 Å². The molecule has 1 atom stereocenters. The lowest BCUT2D eigenvalue weighted by atomic mass is 10.1. The molecule has 3 nitrogen and oxygen atoms in total. The molecule has 20 heavy (non-hydrogen) atoms. The summed E-state index contributed by atoms with van der Waals surface area (Å²) in [6, 6.07) is 10.2. The molecule has 5 heteroatoms. The Hall–Kier alpha value is -1.56. The molecule has 0 amide bonds. The highest BCUT2D eigenvalue weighted by Gasteiger charge is 2.14. The zero-order valence-corrected chi connectivity index (χ0v) is 12.7. The molecule has 0 saturated heterocycles. The van der Waals surface area contributed by atoms with Crippen molar-refractivity contribution in [2.75, 3.05) is 0 Å². The molecule has 3 aromatic rings. The number of aromatic nitrogens is 2. The van der Waals surface area contributed by atoms with Crippen molar-refractivity contribution in [2.45, 2.75) is 19.4 Å². The normalized spacial score (nSPS) is 12.5. The number of nitrogens with two attached hydrogens (primary N) is 1. The maximum Gasteiger partial charge on any atom is 0.0951 e. The van der Waals surface area contributed by atoms with Gasteiger partial charge < -0.3 is 5.73 Å². The van der Waals surface area contributed by atoms with Gasteiger partial charge >= 0.3 is 0 Å². The summed E-state index contributed by atoms with van der Waals surface area (Å²) in [5, 5.41) is 3.17. The van der Waals surface area contributed by atoms with Crippen molar-refractivity contribution >= 4 is 22.7 Å². The molecule has 0 aliphatic heterocycles. The molecule has 0 spiro atoms. The van der Waals surface area contributed by atoms with Crippen LogP contribution in [0.5, 0.6) is 0 Å². The van der Waals surface area contributed by atoms with Gasteiger partial charge in [-0.15, -0.1) is 22.7 Å². The van der Waals surface area contributed by atoms with Gasteiger partial charge in [-0.3, -0.25) is 0 Å². The maximum atomic E-state index is 6.26. The van der Waals surface area contributed by atoms with Crippen LogP contribution in [0.4, 0.5) is 0 Å². The van der Waals surface area contributed by atoms with E-state index >= 15 is 0 Å². The van der Waals surface area contributed by atoms with Gasteiger partial charge in [-0.05, 0) is 6.92 Å². The summed E-state index contributed by atoms with van der Waals surface area (Å²) in [5.74, 6) is 0. The Morgan fingerprint density at radius 1 is 1.20 bits per heavy atom. The molecule has 0 aliphatic carbocycles. The van der Waals surface area contributed by atoms with E-state index in [2.05, 4.69) is 27.5 Å². The van der Waals surface area contributed by atoms with Crippen molar-refractivity contribution in [3.8, 4) is 11.3 Å². The monoisotopic (exact) mass is 301 g/mol. The van der Waals surface area contributed by atoms with Crippen LogP contribution in [0.15, 0.2) is 41.2 Å². The number of hydrogen-bond donors (Lipinski definition) is 1. The van der Waals surface area contributed by atoms with Crippen LogP contribution in [-0.4, -0.2) is 9.97 Å². The average molecular weight is 301 g/mol. The van der Waals surface area contributed by atoms with Crippen LogP contribution in [0, 0.1) is 6.92 Å². The van der Waals surface area contributed by atoms with Gasteiger partial charge in [0.1, 0.15) is 0 Å². The first-order chi connectivity index (χ1) is 9.74. The molecule has 0 aliphatic rings. The molecule has 2 heterocycles. The minimum atomic E-state index is -0.0164. The first kappa shape index (κ1) is 13.4. The molecule has 102 valence electrons. The van der Waals surface area contributed by atoms with E-state index in [0.29, 0.717) is 0 Å². The molecule has 0 fully saturated rings. The lowest BCUT2D eigenvalue weighted by Gasteiger charge is -2.07. The van der Waals surface area contributed by atoms with Gasteiger partial charge in [0.15, 0.2) is 0 Å². The van der Waals surface area contributed by atoms with Gasteiger partial charge in [0.05, 0.1) is 21.9 Å². The molecule has 1 unspecified atom stereocenters. The van der Waals surface area contributed by atoms with Crippen LogP contribution in [0.2, 0.25) is 0 Å². The molecule has 3 rings (SSSR count). The minimum absolute atomic E-state index is 0.0164. The Bertz CT molecular complexity index is 688. The van der Waals surface area contributed by atoms with Gasteiger partial charge in [0, 0.05) is 28.3 Å². The van der Waals surface area contributed by atoms with Crippen LogP contribution in [0.3, 0.4) is 0 Å². The highest BCUT2D eigenvalue weighted by atomic mass is 32.1. The fraction of sp³-hybridized carbons (Fsp3) is 0.200. The van der Waals surface area contributed by atoms with E-state index in [4.69, 9.17) is 5.73 Å². The van der Waals surface area contributed by atoms with Crippen molar-refractivity contribution in [1.82, 2.24) is 9.97 Å². The fourth-order valence-electron chi connectivity index (χ4n) is 2.09. The fourth-order valence-corrected chi connectivity index (χ4v) is 3.76. The van der Waals surface area contributed by atoms with Crippen molar-refractivity contribution in [2.24, 2.45) is 5.73 Å². The van der Waals surface area contributed by atoms with E-state index in [9.17, 15) is 0 Å². The molecule has 0 saturated carbocycles. The average Bonchev–Trinajstić information content (AvgIpc) is 3.09. The van der Waals surface area contributed by atoms with Crippen LogP contribution in [-0.2, 0) is 6.42 Å². The number of benzene rings is 1. The third-order valence-corrected chi connectivity index (χ3v) is 5.07. The maximum absolute atomic E-state index is 6.26. The van der Waals surface area contributed by atoms with Crippen molar-refractivity contribution in [3.05, 3.63) is 56.8 Å². The van der Waals surface area contributed by atoms with Crippen LogP contribution < -0.4 is 5.73 Å². The number of nitrogens with zero attached hydrogens (tertiary/aromatic N) is 2. The summed E-state index contributed by atoms with van der Waals surface area (Å²) in [4.78, 5) is 10.1. The lowest BCUT2D eigenvalue weighted by Crippen LogP contribution is -2.12. The Balaban J connectivity index is 1.76. The van der Waals surface area contributed by atoms with Crippen molar-refractivity contribution in [1.29, 1.82) is 0 Å².